The molecule has 0 N–H and O–H groups in total. The average molecular weight is 328 g/mol. The van der Waals surface area contributed by atoms with Crippen LogP contribution in [0.2, 0.25) is 0 Å². The zero-order valence-electron chi connectivity index (χ0n) is 15.3. The van der Waals surface area contributed by atoms with Crippen LogP contribution in [-0.4, -0.2) is 46.9 Å². The van der Waals surface area contributed by atoms with E-state index < -0.39 is 0 Å². The number of piperidine rings is 1. The van der Waals surface area contributed by atoms with Crippen LogP contribution in [0.1, 0.15) is 57.9 Å². The number of likely N-dealkylation sites (tertiary alicyclic amines) is 2. The molecule has 0 bridgehead atoms. The molecule has 2 saturated heterocycles. The summed E-state index contributed by atoms with van der Waals surface area (Å²) in [5, 5.41) is 0. The van der Waals surface area contributed by atoms with Crippen molar-refractivity contribution in [1.82, 2.24) is 9.80 Å². The molecule has 1 aromatic carbocycles. The summed E-state index contributed by atoms with van der Waals surface area (Å²) in [6, 6.07) is 12.1. The lowest BCUT2D eigenvalue weighted by Crippen LogP contribution is -2.51. The smallest absolute Gasteiger partial charge is 0.237 e. The molecular weight excluding hydrogens is 296 g/mol. The Hall–Kier alpha value is -1.35. The molecule has 0 spiro atoms. The maximum Gasteiger partial charge on any atom is 0.237 e. The number of amides is 1. The first-order valence-corrected chi connectivity index (χ1v) is 9.74. The second kappa shape index (κ2) is 8.15. The molecule has 24 heavy (non-hydrogen) atoms. The molecule has 2 heterocycles. The summed E-state index contributed by atoms with van der Waals surface area (Å²) in [7, 11) is 0. The van der Waals surface area contributed by atoms with Crippen molar-refractivity contribution in [2.24, 2.45) is 0 Å². The van der Waals surface area contributed by atoms with E-state index in [0.717, 1.165) is 25.8 Å². The van der Waals surface area contributed by atoms with Crippen LogP contribution in [0, 0.1) is 0 Å². The standard InChI is InChI=1S/C21H32N2O/c1-17-8-6-9-18(2)23(17)21(24)16-22-15-7-12-20(22)14-13-19-10-4-3-5-11-19/h3-5,10-11,17-18,20H,6-9,12-16H2,1-2H3/t17-,18+,20-/m1/s1. The summed E-state index contributed by atoms with van der Waals surface area (Å²) < 4.78 is 0. The summed E-state index contributed by atoms with van der Waals surface area (Å²) in [6.45, 7) is 6.13. The summed E-state index contributed by atoms with van der Waals surface area (Å²) >= 11 is 0. The van der Waals surface area contributed by atoms with E-state index >= 15 is 0 Å². The van der Waals surface area contributed by atoms with Gasteiger partial charge in [-0.05, 0) is 70.9 Å². The van der Waals surface area contributed by atoms with E-state index in [1.54, 1.807) is 0 Å². The minimum Gasteiger partial charge on any atom is -0.336 e. The van der Waals surface area contributed by atoms with E-state index in [0.29, 0.717) is 30.6 Å². The molecule has 3 rings (SSSR count). The lowest BCUT2D eigenvalue weighted by molar-refractivity contribution is -0.138. The van der Waals surface area contributed by atoms with Crippen LogP contribution < -0.4 is 0 Å². The highest BCUT2D eigenvalue weighted by atomic mass is 16.2. The molecule has 3 nitrogen and oxygen atoms in total. The van der Waals surface area contributed by atoms with Crippen LogP contribution in [0.5, 0.6) is 0 Å². The third-order valence-corrected chi connectivity index (χ3v) is 5.93. The second-order valence-electron chi connectivity index (χ2n) is 7.72. The largest absolute Gasteiger partial charge is 0.336 e. The predicted molar refractivity (Wildman–Crippen MR) is 99.0 cm³/mol. The summed E-state index contributed by atoms with van der Waals surface area (Å²) in [4.78, 5) is 17.5. The van der Waals surface area contributed by atoms with Crippen LogP contribution in [0.4, 0.5) is 0 Å². The normalized spacial score (nSPS) is 28.2. The van der Waals surface area contributed by atoms with Crippen molar-refractivity contribution in [2.45, 2.75) is 76.9 Å². The highest BCUT2D eigenvalue weighted by Gasteiger charge is 2.32. The Morgan fingerprint density at radius 3 is 2.46 bits per heavy atom. The fourth-order valence-electron chi connectivity index (χ4n) is 4.58. The molecule has 0 unspecified atom stereocenters. The quantitative estimate of drug-likeness (QED) is 0.819. The molecule has 2 fully saturated rings. The third-order valence-electron chi connectivity index (χ3n) is 5.93. The third kappa shape index (κ3) is 4.18. The lowest BCUT2D eigenvalue weighted by atomic mass is 9.97. The molecule has 0 saturated carbocycles. The summed E-state index contributed by atoms with van der Waals surface area (Å²) in [6.07, 6.45) is 8.34. The van der Waals surface area contributed by atoms with Gasteiger partial charge in [0, 0.05) is 18.1 Å². The van der Waals surface area contributed by atoms with Gasteiger partial charge >= 0.3 is 0 Å². The minimum absolute atomic E-state index is 0.348. The van der Waals surface area contributed by atoms with Crippen molar-refractivity contribution in [3.8, 4) is 0 Å². The van der Waals surface area contributed by atoms with E-state index in [4.69, 9.17) is 0 Å². The zero-order valence-corrected chi connectivity index (χ0v) is 15.3. The van der Waals surface area contributed by atoms with Gasteiger partial charge in [0.15, 0.2) is 0 Å². The van der Waals surface area contributed by atoms with Crippen molar-refractivity contribution < 1.29 is 4.79 Å². The van der Waals surface area contributed by atoms with Crippen LogP contribution in [0.3, 0.4) is 0 Å². The highest BCUT2D eigenvalue weighted by molar-refractivity contribution is 5.79. The lowest BCUT2D eigenvalue weighted by Gasteiger charge is -2.40. The number of carbonyl (C=O) groups is 1. The number of rotatable bonds is 5. The molecule has 3 heteroatoms. The van der Waals surface area contributed by atoms with Gasteiger partial charge in [0.25, 0.3) is 0 Å². The Labute approximate surface area is 147 Å². The first kappa shape index (κ1) is 17.5. The zero-order chi connectivity index (χ0) is 16.9. The van der Waals surface area contributed by atoms with Crippen molar-refractivity contribution in [3.63, 3.8) is 0 Å². The number of hydrogen-bond acceptors (Lipinski definition) is 2. The van der Waals surface area contributed by atoms with E-state index in [9.17, 15) is 4.79 Å². The van der Waals surface area contributed by atoms with Gasteiger partial charge in [-0.3, -0.25) is 9.69 Å². The van der Waals surface area contributed by atoms with Gasteiger partial charge in [-0.2, -0.15) is 0 Å². The molecule has 0 aromatic heterocycles. The van der Waals surface area contributed by atoms with Gasteiger partial charge in [-0.1, -0.05) is 30.3 Å². The first-order chi connectivity index (χ1) is 11.6. The predicted octanol–water partition coefficient (Wildman–Crippen LogP) is 3.87. The van der Waals surface area contributed by atoms with Gasteiger partial charge in [-0.25, -0.2) is 0 Å². The number of hydrogen-bond donors (Lipinski definition) is 0. The number of benzene rings is 1. The molecule has 0 aliphatic carbocycles. The van der Waals surface area contributed by atoms with Crippen molar-refractivity contribution in [3.05, 3.63) is 35.9 Å². The molecule has 3 atom stereocenters. The van der Waals surface area contributed by atoms with Crippen molar-refractivity contribution >= 4 is 5.91 Å². The summed E-state index contributed by atoms with van der Waals surface area (Å²) in [5.41, 5.74) is 1.41. The molecule has 1 aromatic rings. The second-order valence-corrected chi connectivity index (χ2v) is 7.72. The van der Waals surface area contributed by atoms with Crippen LogP contribution in [0.15, 0.2) is 30.3 Å². The molecule has 2 aliphatic heterocycles. The Morgan fingerprint density at radius 1 is 1.04 bits per heavy atom. The first-order valence-electron chi connectivity index (χ1n) is 9.74. The van der Waals surface area contributed by atoms with Crippen LogP contribution >= 0.6 is 0 Å². The molecule has 132 valence electrons. The van der Waals surface area contributed by atoms with Crippen molar-refractivity contribution in [1.29, 1.82) is 0 Å². The Bertz CT molecular complexity index is 520. The van der Waals surface area contributed by atoms with Crippen molar-refractivity contribution in [2.75, 3.05) is 13.1 Å². The Kier molecular flexibility index (Phi) is 5.94. The molecule has 2 aliphatic rings. The SMILES string of the molecule is C[C@@H]1CCC[C@H](C)N1C(=O)CN1CCC[C@@H]1CCc1ccccc1. The van der Waals surface area contributed by atoms with Crippen LogP contribution in [0.25, 0.3) is 0 Å². The van der Waals surface area contributed by atoms with E-state index in [-0.39, 0.29) is 0 Å². The van der Waals surface area contributed by atoms with E-state index in [1.807, 2.05) is 0 Å². The van der Waals surface area contributed by atoms with Gasteiger partial charge in [0.05, 0.1) is 6.54 Å². The van der Waals surface area contributed by atoms with E-state index in [2.05, 4.69) is 54.0 Å². The summed E-state index contributed by atoms with van der Waals surface area (Å²) in [5.74, 6) is 0.348. The molecular formula is C21H32N2O. The van der Waals surface area contributed by atoms with E-state index in [1.165, 1.54) is 31.2 Å². The molecule has 0 radical (unpaired) electrons. The number of carbonyl (C=O) groups excluding carboxylic acids is 1. The van der Waals surface area contributed by atoms with Gasteiger partial charge in [0.2, 0.25) is 5.91 Å². The Morgan fingerprint density at radius 2 is 1.75 bits per heavy atom. The monoisotopic (exact) mass is 328 g/mol. The average Bonchev–Trinajstić information content (AvgIpc) is 3.01. The van der Waals surface area contributed by atoms with Gasteiger partial charge in [-0.15, -0.1) is 0 Å². The fourth-order valence-corrected chi connectivity index (χ4v) is 4.58. The maximum atomic E-state index is 12.9. The van der Waals surface area contributed by atoms with Gasteiger partial charge < -0.3 is 4.90 Å². The topological polar surface area (TPSA) is 23.6 Å². The highest BCUT2D eigenvalue weighted by Crippen LogP contribution is 2.25. The maximum absolute atomic E-state index is 12.9. The minimum atomic E-state index is 0.348. The van der Waals surface area contributed by atoms with Gasteiger partial charge in [0.1, 0.15) is 0 Å². The fraction of sp³-hybridized carbons (Fsp3) is 0.667. The Balaban J connectivity index is 1.54. The van der Waals surface area contributed by atoms with Crippen LogP contribution in [-0.2, 0) is 11.2 Å². The number of nitrogens with zero attached hydrogens (tertiary/aromatic N) is 2. The molecule has 1 amide bonds. The number of aryl methyl sites for hydroxylation is 1.